The summed E-state index contributed by atoms with van der Waals surface area (Å²) in [4.78, 5) is 15.9. The zero-order valence-electron chi connectivity index (χ0n) is 13.6. The molecule has 2 N–H and O–H groups in total. The average Bonchev–Trinajstić information content (AvgIpc) is 2.84. The number of aromatic nitrogens is 2. The fourth-order valence-electron chi connectivity index (χ4n) is 2.82. The van der Waals surface area contributed by atoms with Crippen molar-refractivity contribution in [2.75, 3.05) is 6.26 Å². The van der Waals surface area contributed by atoms with E-state index < -0.39 is 9.73 Å². The normalized spacial score (nSPS) is 14.1. The molecule has 0 bridgehead atoms. The summed E-state index contributed by atoms with van der Waals surface area (Å²) < 4.78 is 21.4. The van der Waals surface area contributed by atoms with Crippen LogP contribution in [0.4, 0.5) is 0 Å². The van der Waals surface area contributed by atoms with Crippen LogP contribution in [0.3, 0.4) is 0 Å². The topological polar surface area (TPSA) is 78.7 Å². The minimum absolute atomic E-state index is 0.0783. The minimum Gasteiger partial charge on any atom is -0.354 e. The lowest BCUT2D eigenvalue weighted by Gasteiger charge is -2.12. The number of benzene rings is 1. The van der Waals surface area contributed by atoms with Crippen molar-refractivity contribution >= 4 is 20.6 Å². The van der Waals surface area contributed by atoms with Gasteiger partial charge in [0, 0.05) is 41.0 Å². The first-order valence-electron chi connectivity index (χ1n) is 7.22. The van der Waals surface area contributed by atoms with Crippen LogP contribution in [-0.2, 0) is 16.8 Å². The van der Waals surface area contributed by atoms with Gasteiger partial charge in [-0.3, -0.25) is 4.79 Å². The Bertz CT molecular complexity index is 1090. The first kappa shape index (κ1) is 15.6. The van der Waals surface area contributed by atoms with Crippen molar-refractivity contribution in [3.8, 4) is 11.1 Å². The molecule has 1 atom stereocenters. The van der Waals surface area contributed by atoms with Gasteiger partial charge in [-0.2, -0.15) is 0 Å². The molecule has 1 unspecified atom stereocenters. The largest absolute Gasteiger partial charge is 0.354 e. The maximum Gasteiger partial charge on any atom is 0.274 e. The monoisotopic (exact) mass is 329 g/mol. The third-order valence-corrected chi connectivity index (χ3v) is 5.20. The Morgan fingerprint density at radius 1 is 1.17 bits per heavy atom. The summed E-state index contributed by atoms with van der Waals surface area (Å²) in [6.07, 6.45) is 3.21. The second-order valence-electron chi connectivity index (χ2n) is 6.02. The van der Waals surface area contributed by atoms with E-state index in [4.69, 9.17) is 4.78 Å². The first-order chi connectivity index (χ1) is 10.7. The first-order valence-corrected chi connectivity index (χ1v) is 9.19. The van der Waals surface area contributed by atoms with Crippen molar-refractivity contribution in [3.05, 3.63) is 52.1 Å². The molecule has 0 radical (unpaired) electrons. The molecule has 3 aromatic rings. The molecule has 0 aliphatic rings. The Hall–Kier alpha value is -2.34. The van der Waals surface area contributed by atoms with Crippen LogP contribution < -0.4 is 5.56 Å². The molecule has 2 heterocycles. The number of hydrogen-bond donors (Lipinski definition) is 2. The van der Waals surface area contributed by atoms with Crippen molar-refractivity contribution in [3.63, 3.8) is 0 Å². The van der Waals surface area contributed by atoms with E-state index in [9.17, 15) is 9.00 Å². The quantitative estimate of drug-likeness (QED) is 0.757. The van der Waals surface area contributed by atoms with Crippen LogP contribution in [0.15, 0.2) is 40.2 Å². The van der Waals surface area contributed by atoms with Gasteiger partial charge in [-0.05, 0) is 43.2 Å². The van der Waals surface area contributed by atoms with Crippen LogP contribution in [-0.4, -0.2) is 20.0 Å². The van der Waals surface area contributed by atoms with Gasteiger partial charge in [-0.15, -0.1) is 0 Å². The van der Waals surface area contributed by atoms with Crippen LogP contribution in [0.2, 0.25) is 0 Å². The van der Waals surface area contributed by atoms with Gasteiger partial charge in [0.05, 0.1) is 9.73 Å². The molecule has 1 aromatic carbocycles. The number of nitrogens with zero attached hydrogens (tertiary/aromatic N) is 1. The molecule has 0 fully saturated rings. The van der Waals surface area contributed by atoms with Gasteiger partial charge in [0.15, 0.2) is 0 Å². The SMILES string of the molecule is Cc1cc2c(-c3cc(S(C)(=N)=O)ccc3C)cn(C)c(=O)c2[nH]1. The summed E-state index contributed by atoms with van der Waals surface area (Å²) in [6.45, 7) is 3.88. The third kappa shape index (κ3) is 2.59. The van der Waals surface area contributed by atoms with Crippen molar-refractivity contribution < 1.29 is 4.21 Å². The molecule has 6 heteroatoms. The fourth-order valence-corrected chi connectivity index (χ4v) is 3.49. The van der Waals surface area contributed by atoms with Gasteiger partial charge in [-0.25, -0.2) is 8.99 Å². The van der Waals surface area contributed by atoms with Crippen molar-refractivity contribution in [2.24, 2.45) is 7.05 Å². The van der Waals surface area contributed by atoms with Gasteiger partial charge < -0.3 is 9.55 Å². The zero-order chi connectivity index (χ0) is 16.9. The molecule has 23 heavy (non-hydrogen) atoms. The molecule has 2 aromatic heterocycles. The lowest BCUT2D eigenvalue weighted by atomic mass is 9.99. The molecule has 3 rings (SSSR count). The van der Waals surface area contributed by atoms with Crippen LogP contribution in [0.1, 0.15) is 11.3 Å². The zero-order valence-corrected chi connectivity index (χ0v) is 14.4. The summed E-state index contributed by atoms with van der Waals surface area (Å²) in [7, 11) is -1.08. The standard InChI is InChI=1S/C17H19N3O2S/c1-10-5-6-12(23(4,18)22)8-13(10)15-9-20(3)17(21)16-14(15)7-11(2)19-16/h5-9,18-19H,1-4H3. The lowest BCUT2D eigenvalue weighted by molar-refractivity contribution is 0.679. The summed E-state index contributed by atoms with van der Waals surface area (Å²) >= 11 is 0. The van der Waals surface area contributed by atoms with E-state index in [-0.39, 0.29) is 5.56 Å². The molecule has 0 saturated carbocycles. The number of pyridine rings is 1. The highest BCUT2D eigenvalue weighted by Crippen LogP contribution is 2.31. The second-order valence-corrected chi connectivity index (χ2v) is 8.18. The molecular weight excluding hydrogens is 310 g/mol. The predicted molar refractivity (Wildman–Crippen MR) is 93.5 cm³/mol. The molecule has 5 nitrogen and oxygen atoms in total. The van der Waals surface area contributed by atoms with Gasteiger partial charge >= 0.3 is 0 Å². The number of hydrogen-bond acceptors (Lipinski definition) is 3. The van der Waals surface area contributed by atoms with E-state index in [1.54, 1.807) is 29.9 Å². The molecule has 0 saturated heterocycles. The summed E-state index contributed by atoms with van der Waals surface area (Å²) in [5, 5.41) is 0.846. The number of H-pyrrole nitrogens is 1. The highest BCUT2D eigenvalue weighted by molar-refractivity contribution is 7.91. The number of aryl methyl sites for hydroxylation is 3. The molecule has 0 aliphatic heterocycles. The van der Waals surface area contributed by atoms with Crippen molar-refractivity contribution in [2.45, 2.75) is 18.7 Å². The molecular formula is C17H19N3O2S. The Labute approximate surface area is 134 Å². The number of aromatic amines is 1. The number of fused-ring (bicyclic) bond motifs is 1. The Kier molecular flexibility index (Phi) is 3.44. The van der Waals surface area contributed by atoms with E-state index in [0.717, 1.165) is 27.8 Å². The smallest absolute Gasteiger partial charge is 0.274 e. The summed E-state index contributed by atoms with van der Waals surface area (Å²) in [5.41, 5.74) is 4.20. The van der Waals surface area contributed by atoms with Gasteiger partial charge in [0.25, 0.3) is 5.56 Å². The van der Waals surface area contributed by atoms with E-state index in [2.05, 4.69) is 4.98 Å². The van der Waals surface area contributed by atoms with Crippen LogP contribution in [0.25, 0.3) is 22.0 Å². The number of nitrogens with one attached hydrogen (secondary N) is 2. The molecule has 0 amide bonds. The molecule has 120 valence electrons. The lowest BCUT2D eigenvalue weighted by Crippen LogP contribution is -2.16. The summed E-state index contributed by atoms with van der Waals surface area (Å²) in [6, 6.07) is 7.35. The van der Waals surface area contributed by atoms with E-state index >= 15 is 0 Å². The minimum atomic E-state index is -2.79. The Morgan fingerprint density at radius 2 is 1.87 bits per heavy atom. The van der Waals surface area contributed by atoms with Crippen molar-refractivity contribution in [1.29, 1.82) is 4.78 Å². The van der Waals surface area contributed by atoms with Crippen LogP contribution in [0.5, 0.6) is 0 Å². The maximum atomic E-state index is 12.3. The van der Waals surface area contributed by atoms with Gasteiger partial charge in [0.1, 0.15) is 5.52 Å². The Balaban J connectivity index is 2.42. The number of rotatable bonds is 2. The average molecular weight is 329 g/mol. The maximum absolute atomic E-state index is 12.3. The van der Waals surface area contributed by atoms with E-state index in [0.29, 0.717) is 10.4 Å². The van der Waals surface area contributed by atoms with Crippen molar-refractivity contribution in [1.82, 2.24) is 9.55 Å². The van der Waals surface area contributed by atoms with Crippen LogP contribution >= 0.6 is 0 Å². The van der Waals surface area contributed by atoms with E-state index in [1.165, 1.54) is 6.26 Å². The highest BCUT2D eigenvalue weighted by Gasteiger charge is 2.15. The molecule has 0 aliphatic carbocycles. The third-order valence-electron chi connectivity index (χ3n) is 4.05. The second kappa shape index (κ2) is 5.09. The van der Waals surface area contributed by atoms with Gasteiger partial charge in [-0.1, -0.05) is 6.07 Å². The summed E-state index contributed by atoms with van der Waals surface area (Å²) in [5.74, 6) is 0. The van der Waals surface area contributed by atoms with Crippen LogP contribution in [0, 0.1) is 18.6 Å². The Morgan fingerprint density at radius 3 is 2.52 bits per heavy atom. The fraction of sp³-hybridized carbons (Fsp3) is 0.235. The molecule has 0 spiro atoms. The highest BCUT2D eigenvalue weighted by atomic mass is 32.2. The van der Waals surface area contributed by atoms with E-state index in [1.807, 2.05) is 26.0 Å². The van der Waals surface area contributed by atoms with Gasteiger partial charge in [0.2, 0.25) is 0 Å². The predicted octanol–water partition coefficient (Wildman–Crippen LogP) is 3.19.